The molecule has 0 amide bonds. The van der Waals surface area contributed by atoms with Gasteiger partial charge in [-0.05, 0) is 37.8 Å². The van der Waals surface area contributed by atoms with Crippen LogP contribution < -0.4 is 0 Å². The zero-order chi connectivity index (χ0) is 11.8. The summed E-state index contributed by atoms with van der Waals surface area (Å²) in [6.07, 6.45) is 5.05. The Balaban J connectivity index is 2.12. The average Bonchev–Trinajstić information content (AvgIpc) is 2.27. The van der Waals surface area contributed by atoms with E-state index in [0.29, 0.717) is 13.2 Å². The lowest BCUT2D eigenvalue weighted by Gasteiger charge is -2.22. The highest BCUT2D eigenvalue weighted by Crippen LogP contribution is 2.14. The summed E-state index contributed by atoms with van der Waals surface area (Å²) in [4.78, 5) is 10.5. The fourth-order valence-corrected chi connectivity index (χ4v) is 1.43. The second kappa shape index (κ2) is 7.41. The van der Waals surface area contributed by atoms with E-state index in [4.69, 9.17) is 14.2 Å². The summed E-state index contributed by atoms with van der Waals surface area (Å²) in [5, 5.41) is 0. The molecule has 0 aromatic carbocycles. The topological polar surface area (TPSA) is 44.8 Å². The molecule has 1 aliphatic heterocycles. The normalized spacial score (nSPS) is 21.9. The molecule has 1 fully saturated rings. The fraction of sp³-hybridized carbons (Fsp3) is 0.750. The zero-order valence-corrected chi connectivity index (χ0v) is 10.0. The van der Waals surface area contributed by atoms with E-state index >= 15 is 0 Å². The second-order valence-corrected chi connectivity index (χ2v) is 3.96. The summed E-state index contributed by atoms with van der Waals surface area (Å²) in [6.45, 7) is 4.99. The maximum absolute atomic E-state index is 10.5. The van der Waals surface area contributed by atoms with Gasteiger partial charge in [-0.25, -0.2) is 0 Å². The summed E-state index contributed by atoms with van der Waals surface area (Å²) in [5.41, 5.74) is 1.05. The molecule has 0 aliphatic carbocycles. The van der Waals surface area contributed by atoms with Crippen molar-refractivity contribution in [2.45, 2.75) is 39.4 Å². The van der Waals surface area contributed by atoms with Crippen LogP contribution in [0, 0.1) is 0 Å². The molecule has 0 saturated carbocycles. The first-order chi connectivity index (χ1) is 7.68. The van der Waals surface area contributed by atoms with E-state index in [-0.39, 0.29) is 12.3 Å². The monoisotopic (exact) mass is 228 g/mol. The van der Waals surface area contributed by atoms with Gasteiger partial charge in [0.05, 0.1) is 6.61 Å². The van der Waals surface area contributed by atoms with Crippen molar-refractivity contribution >= 4 is 5.97 Å². The average molecular weight is 228 g/mol. The molecule has 1 unspecified atom stereocenters. The van der Waals surface area contributed by atoms with E-state index in [2.05, 4.69) is 0 Å². The number of carbonyl (C=O) groups excluding carboxylic acids is 1. The van der Waals surface area contributed by atoms with E-state index in [1.54, 1.807) is 0 Å². The van der Waals surface area contributed by atoms with Crippen LogP contribution in [0.4, 0.5) is 0 Å². The van der Waals surface area contributed by atoms with Gasteiger partial charge >= 0.3 is 5.97 Å². The van der Waals surface area contributed by atoms with Crippen LogP contribution in [0.1, 0.15) is 33.1 Å². The van der Waals surface area contributed by atoms with Crippen LogP contribution in [0.2, 0.25) is 0 Å². The Morgan fingerprint density at radius 1 is 1.44 bits per heavy atom. The maximum Gasteiger partial charge on any atom is 0.302 e. The van der Waals surface area contributed by atoms with Crippen molar-refractivity contribution in [1.82, 2.24) is 0 Å². The van der Waals surface area contributed by atoms with Crippen molar-refractivity contribution in [3.8, 4) is 0 Å². The predicted octanol–water partition coefficient (Wildman–Crippen LogP) is 2.04. The minimum Gasteiger partial charge on any atom is -0.462 e. The third-order valence-corrected chi connectivity index (χ3v) is 2.35. The molecule has 1 rings (SSSR count). The van der Waals surface area contributed by atoms with E-state index < -0.39 is 0 Å². The molecule has 0 aromatic heterocycles. The number of carbonyl (C=O) groups is 1. The van der Waals surface area contributed by atoms with Gasteiger partial charge in [-0.15, -0.1) is 0 Å². The van der Waals surface area contributed by atoms with E-state index in [9.17, 15) is 4.79 Å². The smallest absolute Gasteiger partial charge is 0.302 e. The molecule has 1 atom stereocenters. The Bertz CT molecular complexity index is 241. The minimum absolute atomic E-state index is 0.0641. The molecule has 16 heavy (non-hydrogen) atoms. The SMILES string of the molecule is CC(=O)OC/C=C(/C)COC1CCCCO1. The molecule has 0 spiro atoms. The van der Waals surface area contributed by atoms with Crippen LogP contribution >= 0.6 is 0 Å². The van der Waals surface area contributed by atoms with Crippen LogP contribution in [-0.2, 0) is 19.0 Å². The molecule has 0 aromatic rings. The van der Waals surface area contributed by atoms with Crippen molar-refractivity contribution in [2.75, 3.05) is 19.8 Å². The van der Waals surface area contributed by atoms with Crippen LogP contribution in [-0.4, -0.2) is 32.1 Å². The van der Waals surface area contributed by atoms with Gasteiger partial charge in [0.1, 0.15) is 6.61 Å². The number of esters is 1. The van der Waals surface area contributed by atoms with Gasteiger partial charge in [0.15, 0.2) is 6.29 Å². The van der Waals surface area contributed by atoms with Gasteiger partial charge in [0, 0.05) is 13.5 Å². The highest BCUT2D eigenvalue weighted by atomic mass is 16.7. The van der Waals surface area contributed by atoms with Gasteiger partial charge in [-0.2, -0.15) is 0 Å². The lowest BCUT2D eigenvalue weighted by atomic mass is 10.2. The van der Waals surface area contributed by atoms with E-state index in [1.807, 2.05) is 13.0 Å². The third kappa shape index (κ3) is 5.88. The van der Waals surface area contributed by atoms with Crippen LogP contribution in [0.3, 0.4) is 0 Å². The van der Waals surface area contributed by atoms with Gasteiger partial charge in [0.25, 0.3) is 0 Å². The number of hydrogen-bond donors (Lipinski definition) is 0. The first-order valence-electron chi connectivity index (χ1n) is 5.70. The molecular weight excluding hydrogens is 208 g/mol. The van der Waals surface area contributed by atoms with Crippen LogP contribution in [0.15, 0.2) is 11.6 Å². The van der Waals surface area contributed by atoms with Gasteiger partial charge in [-0.1, -0.05) is 0 Å². The highest BCUT2D eigenvalue weighted by Gasteiger charge is 2.13. The van der Waals surface area contributed by atoms with Crippen molar-refractivity contribution < 1.29 is 19.0 Å². The van der Waals surface area contributed by atoms with E-state index in [1.165, 1.54) is 13.3 Å². The third-order valence-electron chi connectivity index (χ3n) is 2.35. The maximum atomic E-state index is 10.5. The number of hydrogen-bond acceptors (Lipinski definition) is 4. The predicted molar refractivity (Wildman–Crippen MR) is 59.9 cm³/mol. The lowest BCUT2D eigenvalue weighted by molar-refractivity contribution is -0.157. The molecule has 4 nitrogen and oxygen atoms in total. The fourth-order valence-electron chi connectivity index (χ4n) is 1.43. The lowest BCUT2D eigenvalue weighted by Crippen LogP contribution is -2.22. The molecule has 4 heteroatoms. The summed E-state index contributed by atoms with van der Waals surface area (Å²) < 4.78 is 15.8. The van der Waals surface area contributed by atoms with Crippen molar-refractivity contribution in [3.63, 3.8) is 0 Å². The standard InChI is InChI=1S/C12H20O4/c1-10(6-8-14-11(2)13)9-16-12-5-3-4-7-15-12/h6,12H,3-5,7-9H2,1-2H3/b10-6-. The van der Waals surface area contributed by atoms with Crippen LogP contribution in [0.5, 0.6) is 0 Å². The molecular formula is C12H20O4. The van der Waals surface area contributed by atoms with Crippen LogP contribution in [0.25, 0.3) is 0 Å². The zero-order valence-electron chi connectivity index (χ0n) is 10.0. The Morgan fingerprint density at radius 2 is 2.25 bits per heavy atom. The number of ether oxygens (including phenoxy) is 3. The summed E-state index contributed by atoms with van der Waals surface area (Å²) in [7, 11) is 0. The number of rotatable bonds is 5. The minimum atomic E-state index is -0.263. The summed E-state index contributed by atoms with van der Waals surface area (Å²) in [5.74, 6) is -0.263. The molecule has 92 valence electrons. The molecule has 1 saturated heterocycles. The quantitative estimate of drug-likeness (QED) is 0.533. The van der Waals surface area contributed by atoms with Crippen molar-refractivity contribution in [3.05, 3.63) is 11.6 Å². The Labute approximate surface area is 96.6 Å². The van der Waals surface area contributed by atoms with Crippen molar-refractivity contribution in [2.24, 2.45) is 0 Å². The first kappa shape index (κ1) is 13.2. The molecule has 0 bridgehead atoms. The summed E-state index contributed by atoms with van der Waals surface area (Å²) >= 11 is 0. The molecule has 1 heterocycles. The second-order valence-electron chi connectivity index (χ2n) is 3.96. The van der Waals surface area contributed by atoms with E-state index in [0.717, 1.165) is 25.0 Å². The van der Waals surface area contributed by atoms with Crippen molar-refractivity contribution in [1.29, 1.82) is 0 Å². The Hall–Kier alpha value is -0.870. The highest BCUT2D eigenvalue weighted by molar-refractivity contribution is 5.66. The summed E-state index contributed by atoms with van der Waals surface area (Å²) in [6, 6.07) is 0. The first-order valence-corrected chi connectivity index (χ1v) is 5.70. The van der Waals surface area contributed by atoms with Gasteiger partial charge in [-0.3, -0.25) is 4.79 Å². The Morgan fingerprint density at radius 3 is 2.88 bits per heavy atom. The van der Waals surface area contributed by atoms with Gasteiger partial charge in [0.2, 0.25) is 0 Å². The molecule has 0 N–H and O–H groups in total. The largest absolute Gasteiger partial charge is 0.462 e. The molecule has 0 radical (unpaired) electrons. The van der Waals surface area contributed by atoms with Gasteiger partial charge < -0.3 is 14.2 Å². The Kier molecular flexibility index (Phi) is 6.11. The molecule has 1 aliphatic rings.